The standard InChI is InChI=1S/C22H21F2NO/c23-20-10-4-8-18(14-20)22(26,19-9-5-11-21(24)15-19)12-13-25-16-17-6-2-1-3-7-17/h1-11,14-15,25-26H,12-13,16H2. The second kappa shape index (κ2) is 8.21. The lowest BCUT2D eigenvalue weighted by molar-refractivity contribution is 0.0703. The van der Waals surface area contributed by atoms with Gasteiger partial charge in [-0.05, 0) is 53.9 Å². The third kappa shape index (κ3) is 4.34. The third-order valence-corrected chi connectivity index (χ3v) is 4.44. The number of hydrogen-bond donors (Lipinski definition) is 2. The number of aliphatic hydroxyl groups is 1. The molecule has 0 amide bonds. The first-order valence-electron chi connectivity index (χ1n) is 8.57. The molecule has 2 N–H and O–H groups in total. The van der Waals surface area contributed by atoms with Crippen LogP contribution in [0.2, 0.25) is 0 Å². The fraction of sp³-hybridized carbons (Fsp3) is 0.182. The maximum absolute atomic E-state index is 13.7. The largest absolute Gasteiger partial charge is 0.380 e. The Hall–Kier alpha value is -2.56. The summed E-state index contributed by atoms with van der Waals surface area (Å²) >= 11 is 0. The lowest BCUT2D eigenvalue weighted by Gasteiger charge is -2.30. The molecule has 0 aromatic heterocycles. The van der Waals surface area contributed by atoms with Crippen molar-refractivity contribution in [2.24, 2.45) is 0 Å². The molecule has 134 valence electrons. The lowest BCUT2D eigenvalue weighted by Crippen LogP contribution is -2.32. The molecule has 2 nitrogen and oxygen atoms in total. The highest BCUT2D eigenvalue weighted by molar-refractivity contribution is 5.36. The summed E-state index contributed by atoms with van der Waals surface area (Å²) < 4.78 is 27.4. The summed E-state index contributed by atoms with van der Waals surface area (Å²) in [6.07, 6.45) is 0.284. The number of nitrogens with one attached hydrogen (secondary N) is 1. The van der Waals surface area contributed by atoms with Gasteiger partial charge in [-0.3, -0.25) is 0 Å². The maximum atomic E-state index is 13.7. The SMILES string of the molecule is OC(CCNCc1ccccc1)(c1cccc(F)c1)c1cccc(F)c1. The van der Waals surface area contributed by atoms with E-state index in [1.165, 1.54) is 24.3 Å². The molecule has 0 saturated heterocycles. The normalized spacial score (nSPS) is 11.5. The number of rotatable bonds is 7. The van der Waals surface area contributed by atoms with Crippen LogP contribution in [0.25, 0.3) is 0 Å². The molecule has 0 unspecified atom stereocenters. The van der Waals surface area contributed by atoms with Crippen LogP contribution in [0.1, 0.15) is 23.1 Å². The summed E-state index contributed by atoms with van der Waals surface area (Å²) in [5.41, 5.74) is 0.468. The molecule has 0 heterocycles. The summed E-state index contributed by atoms with van der Waals surface area (Å²) in [5.74, 6) is -0.871. The highest BCUT2D eigenvalue weighted by Gasteiger charge is 2.31. The Balaban J connectivity index is 1.79. The minimum Gasteiger partial charge on any atom is -0.380 e. The highest BCUT2D eigenvalue weighted by atomic mass is 19.1. The monoisotopic (exact) mass is 353 g/mol. The van der Waals surface area contributed by atoms with Gasteiger partial charge in [-0.2, -0.15) is 0 Å². The van der Waals surface area contributed by atoms with E-state index in [0.29, 0.717) is 24.2 Å². The minimum atomic E-state index is -1.48. The van der Waals surface area contributed by atoms with E-state index in [4.69, 9.17) is 0 Å². The van der Waals surface area contributed by atoms with Crippen molar-refractivity contribution in [1.29, 1.82) is 0 Å². The Morgan fingerprint density at radius 2 is 1.35 bits per heavy atom. The molecule has 4 heteroatoms. The number of benzene rings is 3. The van der Waals surface area contributed by atoms with Crippen LogP contribution in [0.15, 0.2) is 78.9 Å². The van der Waals surface area contributed by atoms with Gasteiger partial charge in [-0.25, -0.2) is 8.78 Å². The molecule has 0 saturated carbocycles. The van der Waals surface area contributed by atoms with Gasteiger partial charge in [0, 0.05) is 6.54 Å². The molecule has 0 aliphatic heterocycles. The van der Waals surface area contributed by atoms with Gasteiger partial charge in [0.2, 0.25) is 0 Å². The Morgan fingerprint density at radius 3 is 1.88 bits per heavy atom. The molecule has 3 rings (SSSR count). The summed E-state index contributed by atoms with van der Waals surface area (Å²) in [6.45, 7) is 1.14. The van der Waals surface area contributed by atoms with Gasteiger partial charge < -0.3 is 10.4 Å². The maximum Gasteiger partial charge on any atom is 0.123 e. The Bertz CT molecular complexity index is 806. The van der Waals surface area contributed by atoms with E-state index < -0.39 is 17.2 Å². The van der Waals surface area contributed by atoms with Crippen molar-refractivity contribution in [2.75, 3.05) is 6.54 Å². The van der Waals surface area contributed by atoms with Crippen molar-refractivity contribution in [3.05, 3.63) is 107 Å². The molecular weight excluding hydrogens is 332 g/mol. The smallest absolute Gasteiger partial charge is 0.123 e. The molecule has 0 aliphatic rings. The lowest BCUT2D eigenvalue weighted by atomic mass is 9.83. The fourth-order valence-corrected chi connectivity index (χ4v) is 3.04. The van der Waals surface area contributed by atoms with E-state index in [2.05, 4.69) is 5.32 Å². The van der Waals surface area contributed by atoms with E-state index in [1.807, 2.05) is 30.3 Å². The molecule has 0 radical (unpaired) electrons. The summed E-state index contributed by atoms with van der Waals surface area (Å²) in [5, 5.41) is 14.6. The number of hydrogen-bond acceptors (Lipinski definition) is 2. The predicted molar refractivity (Wildman–Crippen MR) is 98.6 cm³/mol. The van der Waals surface area contributed by atoms with Crippen molar-refractivity contribution in [3.63, 3.8) is 0 Å². The quantitative estimate of drug-likeness (QED) is 0.618. The zero-order valence-electron chi connectivity index (χ0n) is 14.3. The first-order valence-corrected chi connectivity index (χ1v) is 8.57. The van der Waals surface area contributed by atoms with Crippen LogP contribution in [-0.4, -0.2) is 11.7 Å². The van der Waals surface area contributed by atoms with E-state index in [9.17, 15) is 13.9 Å². The van der Waals surface area contributed by atoms with Crippen LogP contribution >= 0.6 is 0 Å². The zero-order chi connectivity index (χ0) is 18.4. The van der Waals surface area contributed by atoms with E-state index >= 15 is 0 Å². The van der Waals surface area contributed by atoms with Crippen LogP contribution in [0.3, 0.4) is 0 Å². The molecule has 0 aliphatic carbocycles. The van der Waals surface area contributed by atoms with Crippen LogP contribution in [-0.2, 0) is 12.1 Å². The van der Waals surface area contributed by atoms with E-state index in [-0.39, 0.29) is 6.42 Å². The zero-order valence-corrected chi connectivity index (χ0v) is 14.3. The van der Waals surface area contributed by atoms with Crippen molar-refractivity contribution >= 4 is 0 Å². The van der Waals surface area contributed by atoms with Crippen LogP contribution in [0.5, 0.6) is 0 Å². The summed E-state index contributed by atoms with van der Waals surface area (Å²) in [7, 11) is 0. The first-order chi connectivity index (χ1) is 12.6. The topological polar surface area (TPSA) is 32.3 Å². The van der Waals surface area contributed by atoms with Gasteiger partial charge in [0.05, 0.1) is 0 Å². The number of halogens is 2. The minimum absolute atomic E-state index is 0.284. The Morgan fingerprint density at radius 1 is 0.769 bits per heavy atom. The predicted octanol–water partition coefficient (Wildman–Crippen LogP) is 4.38. The molecule has 0 spiro atoms. The van der Waals surface area contributed by atoms with Crippen molar-refractivity contribution < 1.29 is 13.9 Å². The van der Waals surface area contributed by atoms with E-state index in [0.717, 1.165) is 5.56 Å². The van der Waals surface area contributed by atoms with Crippen LogP contribution < -0.4 is 5.32 Å². The summed E-state index contributed by atoms with van der Waals surface area (Å²) in [4.78, 5) is 0. The Kier molecular flexibility index (Phi) is 5.76. The molecule has 3 aromatic rings. The molecular formula is C22H21F2NO. The first kappa shape index (κ1) is 18.2. The van der Waals surface area contributed by atoms with Crippen LogP contribution in [0, 0.1) is 11.6 Å². The van der Waals surface area contributed by atoms with Gasteiger partial charge in [-0.15, -0.1) is 0 Å². The molecule has 0 fully saturated rings. The van der Waals surface area contributed by atoms with Crippen molar-refractivity contribution in [1.82, 2.24) is 5.32 Å². The average Bonchev–Trinajstić information content (AvgIpc) is 2.66. The van der Waals surface area contributed by atoms with Gasteiger partial charge in [0.25, 0.3) is 0 Å². The van der Waals surface area contributed by atoms with Gasteiger partial charge in [0.1, 0.15) is 17.2 Å². The summed E-state index contributed by atoms with van der Waals surface area (Å²) in [6, 6.07) is 21.6. The third-order valence-electron chi connectivity index (χ3n) is 4.44. The second-order valence-electron chi connectivity index (χ2n) is 6.29. The van der Waals surface area contributed by atoms with Gasteiger partial charge >= 0.3 is 0 Å². The van der Waals surface area contributed by atoms with Gasteiger partial charge in [-0.1, -0.05) is 54.6 Å². The second-order valence-corrected chi connectivity index (χ2v) is 6.29. The average molecular weight is 353 g/mol. The van der Waals surface area contributed by atoms with Crippen molar-refractivity contribution in [2.45, 2.75) is 18.6 Å². The van der Waals surface area contributed by atoms with Gasteiger partial charge in [0.15, 0.2) is 0 Å². The van der Waals surface area contributed by atoms with Crippen molar-refractivity contribution in [3.8, 4) is 0 Å². The molecule has 0 bridgehead atoms. The molecule has 3 aromatic carbocycles. The van der Waals surface area contributed by atoms with Crippen LogP contribution in [0.4, 0.5) is 8.78 Å². The highest BCUT2D eigenvalue weighted by Crippen LogP contribution is 2.33. The Labute approximate surface area is 152 Å². The fourth-order valence-electron chi connectivity index (χ4n) is 3.04. The van der Waals surface area contributed by atoms with E-state index in [1.54, 1.807) is 24.3 Å². The molecule has 26 heavy (non-hydrogen) atoms. The molecule has 0 atom stereocenters.